The Morgan fingerprint density at radius 2 is 2.03 bits per heavy atom. The zero-order valence-electron chi connectivity index (χ0n) is 20.7. The molecule has 8 nitrogen and oxygen atoms in total. The molecule has 2 bridgehead atoms. The number of nitrogen functional groups attached to an aromatic ring is 1. The number of rotatable bonds is 2. The molecule has 1 aliphatic rings. The number of anilines is 1. The van der Waals surface area contributed by atoms with Crippen LogP contribution in [0.25, 0.3) is 11.3 Å². The van der Waals surface area contributed by atoms with E-state index in [4.69, 9.17) is 21.2 Å². The molecule has 1 aliphatic heterocycles. The lowest BCUT2D eigenvalue weighted by Gasteiger charge is -2.23. The van der Waals surface area contributed by atoms with Gasteiger partial charge in [-0.2, -0.15) is 0 Å². The monoisotopic (exact) mass is 488 g/mol. The second kappa shape index (κ2) is 10.2. The second-order valence-corrected chi connectivity index (χ2v) is 8.70. The number of benzene rings is 1. The van der Waals surface area contributed by atoms with Gasteiger partial charge in [0.15, 0.2) is 11.6 Å². The molecule has 3 heterocycles. The molecule has 3 aromatic rings. The first-order chi connectivity index (χ1) is 17.2. The largest absolute Gasteiger partial charge is 0.482 e. The van der Waals surface area contributed by atoms with E-state index in [0.717, 1.165) is 5.56 Å². The predicted molar refractivity (Wildman–Crippen MR) is 138 cm³/mol. The molecule has 0 fully saturated rings. The molecule has 0 saturated carbocycles. The Morgan fingerprint density at radius 1 is 1.25 bits per heavy atom. The van der Waals surface area contributed by atoms with Crippen molar-refractivity contribution in [1.82, 2.24) is 14.9 Å². The van der Waals surface area contributed by atoms with E-state index in [1.165, 1.54) is 17.0 Å². The maximum atomic E-state index is 14.4. The van der Waals surface area contributed by atoms with Gasteiger partial charge in [0.1, 0.15) is 17.6 Å². The molecule has 4 N–H and O–H groups in total. The number of fused-ring (bicyclic) bond motifs is 5. The summed E-state index contributed by atoms with van der Waals surface area (Å²) in [5.41, 5.74) is 17.1. The first kappa shape index (κ1) is 24.8. The van der Waals surface area contributed by atoms with Gasteiger partial charge in [0.25, 0.3) is 5.91 Å². The lowest BCUT2D eigenvalue weighted by molar-refractivity contribution is -0.124. The first-order valence-electron chi connectivity index (χ1n) is 11.6. The van der Waals surface area contributed by atoms with Gasteiger partial charge in [-0.25, -0.2) is 9.37 Å². The molecule has 2 aromatic heterocycles. The van der Waals surface area contributed by atoms with Crippen molar-refractivity contribution in [3.05, 3.63) is 82.6 Å². The molecule has 36 heavy (non-hydrogen) atoms. The third-order valence-corrected chi connectivity index (χ3v) is 5.99. The van der Waals surface area contributed by atoms with Crippen molar-refractivity contribution in [3.8, 4) is 17.0 Å². The SMILES string of the molecule is CCN=C1/C(=C(\N)C(=O)N(C)C)Cc2cccnc2-c2ccc(F)cc2[C@@H](C)Oc2cc1cnc2N. The Morgan fingerprint density at radius 3 is 2.75 bits per heavy atom. The van der Waals surface area contributed by atoms with Gasteiger partial charge in [0, 0.05) is 61.7 Å². The standard InChI is InChI=1S/C27H29FN6O2/c1-5-31-25-17-12-22(26(30)33-14-17)36-15(2)20-13-18(28)8-9-19(20)24-16(7-6-10-32-24)11-21(25)23(29)27(35)34(3)4/h6-10,12-15H,5,11,29H2,1-4H3,(H2,30,33)/b23-21-,31-25?/t15-/m1/s1. The van der Waals surface area contributed by atoms with Crippen molar-refractivity contribution in [3.63, 3.8) is 0 Å². The highest BCUT2D eigenvalue weighted by Crippen LogP contribution is 2.36. The van der Waals surface area contributed by atoms with Crippen LogP contribution >= 0.6 is 0 Å². The van der Waals surface area contributed by atoms with Crippen LogP contribution in [0, 0.1) is 5.82 Å². The maximum Gasteiger partial charge on any atom is 0.269 e. The van der Waals surface area contributed by atoms with E-state index in [9.17, 15) is 9.18 Å². The molecule has 9 heteroatoms. The number of carbonyl (C=O) groups is 1. The van der Waals surface area contributed by atoms with Gasteiger partial charge >= 0.3 is 0 Å². The van der Waals surface area contributed by atoms with Gasteiger partial charge < -0.3 is 21.1 Å². The van der Waals surface area contributed by atoms with Gasteiger partial charge in [-0.3, -0.25) is 14.8 Å². The summed E-state index contributed by atoms with van der Waals surface area (Å²) < 4.78 is 20.6. The lowest BCUT2D eigenvalue weighted by atomic mass is 9.90. The predicted octanol–water partition coefficient (Wildman–Crippen LogP) is 3.67. The number of hydrogen-bond donors (Lipinski definition) is 2. The average molecular weight is 489 g/mol. The molecule has 0 saturated heterocycles. The summed E-state index contributed by atoms with van der Waals surface area (Å²) >= 11 is 0. The van der Waals surface area contributed by atoms with Crippen LogP contribution in [0.1, 0.15) is 36.6 Å². The number of hydrogen-bond acceptors (Lipinski definition) is 7. The van der Waals surface area contributed by atoms with Crippen molar-refractivity contribution in [2.75, 3.05) is 26.4 Å². The van der Waals surface area contributed by atoms with Crippen molar-refractivity contribution in [2.24, 2.45) is 10.7 Å². The number of ether oxygens (including phenoxy) is 1. The van der Waals surface area contributed by atoms with E-state index < -0.39 is 11.9 Å². The minimum atomic E-state index is -0.564. The Kier molecular flexibility index (Phi) is 7.00. The van der Waals surface area contributed by atoms with E-state index in [-0.39, 0.29) is 23.8 Å². The molecule has 0 aliphatic carbocycles. The summed E-state index contributed by atoms with van der Waals surface area (Å²) in [6.07, 6.45) is 2.95. The topological polar surface area (TPSA) is 120 Å². The maximum absolute atomic E-state index is 14.4. The summed E-state index contributed by atoms with van der Waals surface area (Å²) in [5, 5.41) is 0. The number of aliphatic imine (C=N–C) groups is 1. The molecular weight excluding hydrogens is 459 g/mol. The summed E-state index contributed by atoms with van der Waals surface area (Å²) in [7, 11) is 3.28. The highest BCUT2D eigenvalue weighted by atomic mass is 19.1. The molecule has 0 spiro atoms. The number of nitrogens with zero attached hydrogens (tertiary/aromatic N) is 4. The third kappa shape index (κ3) is 4.77. The number of likely N-dealkylation sites (N-methyl/N-ethyl adjacent to an activating group) is 1. The van der Waals surface area contributed by atoms with Gasteiger partial charge in [-0.05, 0) is 49.7 Å². The van der Waals surface area contributed by atoms with E-state index in [1.54, 1.807) is 38.6 Å². The van der Waals surface area contributed by atoms with Crippen LogP contribution in [0.15, 0.2) is 65.1 Å². The molecule has 186 valence electrons. The van der Waals surface area contributed by atoms with Gasteiger partial charge in [-0.1, -0.05) is 6.07 Å². The highest BCUT2D eigenvalue weighted by molar-refractivity contribution is 6.16. The number of pyridine rings is 2. The van der Waals surface area contributed by atoms with Crippen molar-refractivity contribution in [2.45, 2.75) is 26.4 Å². The summed E-state index contributed by atoms with van der Waals surface area (Å²) in [4.78, 5) is 28.1. The number of carbonyl (C=O) groups excluding carboxylic acids is 1. The number of allylic oxidation sites excluding steroid dienone is 1. The molecule has 4 rings (SSSR count). The van der Waals surface area contributed by atoms with E-state index in [2.05, 4.69) is 9.97 Å². The van der Waals surface area contributed by atoms with E-state index in [0.29, 0.717) is 46.0 Å². The molecule has 1 aromatic carbocycles. The fourth-order valence-corrected chi connectivity index (χ4v) is 4.23. The Hall–Kier alpha value is -4.27. The lowest BCUT2D eigenvalue weighted by Crippen LogP contribution is -2.31. The van der Waals surface area contributed by atoms with Gasteiger partial charge in [-0.15, -0.1) is 0 Å². The third-order valence-electron chi connectivity index (χ3n) is 5.99. The second-order valence-electron chi connectivity index (χ2n) is 8.70. The van der Waals surface area contributed by atoms with Crippen LogP contribution in [0.2, 0.25) is 0 Å². The van der Waals surface area contributed by atoms with Gasteiger partial charge in [0.2, 0.25) is 0 Å². The minimum Gasteiger partial charge on any atom is -0.482 e. The quantitative estimate of drug-likeness (QED) is 0.531. The van der Waals surface area contributed by atoms with Crippen LogP contribution in [0.3, 0.4) is 0 Å². The number of amides is 1. The molecular formula is C27H29FN6O2. The van der Waals surface area contributed by atoms with Crippen LogP contribution in [-0.2, 0) is 11.2 Å². The Bertz CT molecular complexity index is 1380. The van der Waals surface area contributed by atoms with Gasteiger partial charge in [0.05, 0.1) is 11.4 Å². The minimum absolute atomic E-state index is 0.0612. The average Bonchev–Trinajstić information content (AvgIpc) is 2.86. The van der Waals surface area contributed by atoms with Crippen molar-refractivity contribution >= 4 is 17.4 Å². The van der Waals surface area contributed by atoms with Crippen LogP contribution in [-0.4, -0.2) is 47.1 Å². The Balaban J connectivity index is 2.08. The van der Waals surface area contributed by atoms with Crippen molar-refractivity contribution < 1.29 is 13.9 Å². The molecule has 0 radical (unpaired) electrons. The zero-order valence-corrected chi connectivity index (χ0v) is 20.7. The first-order valence-corrected chi connectivity index (χ1v) is 11.6. The fourth-order valence-electron chi connectivity index (χ4n) is 4.23. The molecule has 0 unspecified atom stereocenters. The van der Waals surface area contributed by atoms with Crippen LogP contribution in [0.5, 0.6) is 5.75 Å². The fraction of sp³-hybridized carbons (Fsp3) is 0.259. The Labute approximate surface area is 209 Å². The zero-order chi connectivity index (χ0) is 26.0. The van der Waals surface area contributed by atoms with E-state index >= 15 is 0 Å². The highest BCUT2D eigenvalue weighted by Gasteiger charge is 2.26. The van der Waals surface area contributed by atoms with Crippen LogP contribution in [0.4, 0.5) is 10.2 Å². The number of halogens is 1. The van der Waals surface area contributed by atoms with E-state index in [1.807, 2.05) is 26.0 Å². The van der Waals surface area contributed by atoms with Crippen LogP contribution < -0.4 is 16.2 Å². The normalized spacial score (nSPS) is 17.7. The van der Waals surface area contributed by atoms with Crippen molar-refractivity contribution in [1.29, 1.82) is 0 Å². The smallest absolute Gasteiger partial charge is 0.269 e. The summed E-state index contributed by atoms with van der Waals surface area (Å²) in [6.45, 7) is 4.16. The summed E-state index contributed by atoms with van der Waals surface area (Å²) in [5.74, 6) is -0.245. The summed E-state index contributed by atoms with van der Waals surface area (Å²) in [6, 6.07) is 9.95. The molecule has 1 amide bonds. The number of aromatic nitrogens is 2. The number of nitrogens with two attached hydrogens (primary N) is 2. The molecule has 1 atom stereocenters.